The van der Waals surface area contributed by atoms with Crippen molar-refractivity contribution in [2.45, 2.75) is 11.7 Å². The first-order valence-electron chi connectivity index (χ1n) is 6.59. The normalized spacial score (nSPS) is 18.8. The Morgan fingerprint density at radius 2 is 2.05 bits per heavy atom. The molecule has 0 radical (unpaired) electrons. The highest BCUT2D eigenvalue weighted by atomic mass is 32.2. The Labute approximate surface area is 123 Å². The quantitative estimate of drug-likeness (QED) is 0.876. The summed E-state index contributed by atoms with van der Waals surface area (Å²) in [5, 5.41) is 6.43. The molecule has 1 aromatic carbocycles. The van der Waals surface area contributed by atoms with E-state index < -0.39 is 0 Å². The van der Waals surface area contributed by atoms with Gasteiger partial charge in [0.1, 0.15) is 0 Å². The maximum Gasteiger partial charge on any atom is 0.314 e. The van der Waals surface area contributed by atoms with E-state index >= 15 is 0 Å². The monoisotopic (exact) mass is 296 g/mol. The molecule has 1 aromatic rings. The number of hydrogen-bond acceptors (Lipinski definition) is 3. The van der Waals surface area contributed by atoms with Crippen molar-refractivity contribution < 1.29 is 4.79 Å². The predicted molar refractivity (Wildman–Crippen MR) is 85.1 cm³/mol. The first-order chi connectivity index (χ1) is 9.34. The molecule has 1 aliphatic rings. The van der Waals surface area contributed by atoms with E-state index in [1.165, 1.54) is 17.1 Å². The summed E-state index contributed by atoms with van der Waals surface area (Å²) in [7, 11) is 0. The predicted octanol–water partition coefficient (Wildman–Crippen LogP) is 2.38. The Balaban J connectivity index is 1.57. The van der Waals surface area contributed by atoms with Crippen LogP contribution in [0.25, 0.3) is 0 Å². The molecule has 2 N–H and O–H groups in total. The molecule has 0 bridgehead atoms. The molecule has 1 atom stereocenters. The minimum atomic E-state index is -0.0490. The van der Waals surface area contributed by atoms with Gasteiger partial charge in [-0.1, -0.05) is 30.3 Å². The second-order valence-electron chi connectivity index (χ2n) is 4.44. The Kier molecular flexibility index (Phi) is 6.44. The molecule has 1 aliphatic heterocycles. The number of thioether (sulfide) groups is 2. The highest BCUT2D eigenvalue weighted by Crippen LogP contribution is 2.23. The Hall–Kier alpha value is -0.810. The lowest BCUT2D eigenvalue weighted by molar-refractivity contribution is 0.241. The molecule has 5 heteroatoms. The van der Waals surface area contributed by atoms with E-state index in [9.17, 15) is 4.79 Å². The molecule has 1 saturated heterocycles. The molecule has 0 aliphatic carbocycles. The van der Waals surface area contributed by atoms with Gasteiger partial charge >= 0.3 is 6.03 Å². The number of nitrogens with one attached hydrogen (secondary N) is 2. The average Bonchev–Trinajstić information content (AvgIpc) is 2.47. The molecule has 0 spiro atoms. The average molecular weight is 296 g/mol. The molecule has 3 nitrogen and oxygen atoms in total. The molecular weight excluding hydrogens is 276 g/mol. The maximum absolute atomic E-state index is 11.6. The number of carbonyl (C=O) groups is 1. The number of benzene rings is 1. The fraction of sp³-hybridized carbons (Fsp3) is 0.500. The van der Waals surface area contributed by atoms with Gasteiger partial charge in [-0.3, -0.25) is 0 Å². The summed E-state index contributed by atoms with van der Waals surface area (Å²) in [5.74, 6) is 3.59. The van der Waals surface area contributed by atoms with E-state index in [-0.39, 0.29) is 6.03 Å². The van der Waals surface area contributed by atoms with Gasteiger partial charge in [0.2, 0.25) is 0 Å². The lowest BCUT2D eigenvalue weighted by atomic mass is 10.1. The summed E-state index contributed by atoms with van der Waals surface area (Å²) < 4.78 is 0. The van der Waals surface area contributed by atoms with E-state index in [4.69, 9.17) is 0 Å². The zero-order chi connectivity index (χ0) is 13.3. The van der Waals surface area contributed by atoms with E-state index in [1.54, 1.807) is 0 Å². The third-order valence-electron chi connectivity index (χ3n) is 2.92. The number of carbonyl (C=O) groups excluding carboxylic acids is 1. The van der Waals surface area contributed by atoms with Gasteiger partial charge in [-0.2, -0.15) is 23.5 Å². The number of hydrogen-bond donors (Lipinski definition) is 2. The van der Waals surface area contributed by atoms with Crippen molar-refractivity contribution in [3.05, 3.63) is 35.9 Å². The molecule has 2 amide bonds. The Morgan fingerprint density at radius 1 is 1.21 bits per heavy atom. The molecule has 0 aromatic heterocycles. The zero-order valence-electron chi connectivity index (χ0n) is 10.9. The van der Waals surface area contributed by atoms with Crippen LogP contribution in [0.4, 0.5) is 4.79 Å². The van der Waals surface area contributed by atoms with Gasteiger partial charge in [-0.15, -0.1) is 0 Å². The third kappa shape index (κ3) is 5.78. The van der Waals surface area contributed by atoms with Crippen molar-refractivity contribution in [2.24, 2.45) is 0 Å². The van der Waals surface area contributed by atoms with Crippen LogP contribution in [0.2, 0.25) is 0 Å². The second-order valence-corrected chi connectivity index (χ2v) is 7.00. The van der Waals surface area contributed by atoms with Gasteiger partial charge in [-0.05, 0) is 12.0 Å². The molecule has 1 heterocycles. The van der Waals surface area contributed by atoms with Crippen LogP contribution in [0.15, 0.2) is 30.3 Å². The molecule has 19 heavy (non-hydrogen) atoms. The van der Waals surface area contributed by atoms with Gasteiger partial charge in [-0.25, -0.2) is 4.79 Å². The molecule has 104 valence electrons. The highest BCUT2D eigenvalue weighted by molar-refractivity contribution is 8.06. The first-order valence-corrected chi connectivity index (χ1v) is 8.80. The van der Waals surface area contributed by atoms with Crippen molar-refractivity contribution >= 4 is 29.6 Å². The van der Waals surface area contributed by atoms with Crippen LogP contribution in [0, 0.1) is 0 Å². The summed E-state index contributed by atoms with van der Waals surface area (Å²) in [6.45, 7) is 1.46. The summed E-state index contributed by atoms with van der Waals surface area (Å²) in [4.78, 5) is 11.6. The zero-order valence-corrected chi connectivity index (χ0v) is 12.6. The minimum Gasteiger partial charge on any atom is -0.338 e. The van der Waals surface area contributed by atoms with Crippen LogP contribution in [0.1, 0.15) is 5.56 Å². The van der Waals surface area contributed by atoms with Crippen LogP contribution in [-0.4, -0.2) is 41.6 Å². The SMILES string of the molecule is O=C(NCCc1ccccc1)NC[C@@H]1CSCCS1. The lowest BCUT2D eigenvalue weighted by Crippen LogP contribution is -2.40. The van der Waals surface area contributed by atoms with Crippen LogP contribution in [0.3, 0.4) is 0 Å². The summed E-state index contributed by atoms with van der Waals surface area (Å²) in [6, 6.07) is 10.2. The summed E-state index contributed by atoms with van der Waals surface area (Å²) in [6.07, 6.45) is 0.877. The lowest BCUT2D eigenvalue weighted by Gasteiger charge is -2.21. The largest absolute Gasteiger partial charge is 0.338 e. The number of urea groups is 1. The molecular formula is C14H20N2OS2. The highest BCUT2D eigenvalue weighted by Gasteiger charge is 2.14. The van der Waals surface area contributed by atoms with Gasteiger partial charge < -0.3 is 10.6 Å². The van der Waals surface area contributed by atoms with Crippen molar-refractivity contribution in [2.75, 3.05) is 30.3 Å². The van der Waals surface area contributed by atoms with Gasteiger partial charge in [0.05, 0.1) is 0 Å². The van der Waals surface area contributed by atoms with Crippen LogP contribution >= 0.6 is 23.5 Å². The number of rotatable bonds is 5. The van der Waals surface area contributed by atoms with Crippen LogP contribution in [-0.2, 0) is 6.42 Å². The van der Waals surface area contributed by atoms with E-state index in [2.05, 4.69) is 22.8 Å². The van der Waals surface area contributed by atoms with Crippen molar-refractivity contribution in [3.8, 4) is 0 Å². The third-order valence-corrected chi connectivity index (χ3v) is 5.76. The smallest absolute Gasteiger partial charge is 0.314 e. The van der Waals surface area contributed by atoms with Crippen molar-refractivity contribution in [1.29, 1.82) is 0 Å². The van der Waals surface area contributed by atoms with Gasteiger partial charge in [0, 0.05) is 35.6 Å². The van der Waals surface area contributed by atoms with E-state index in [1.807, 2.05) is 41.7 Å². The molecule has 0 saturated carbocycles. The van der Waals surface area contributed by atoms with Gasteiger partial charge in [0.15, 0.2) is 0 Å². The Bertz CT molecular complexity index is 380. The standard InChI is InChI=1S/C14H20N2OS2/c17-14(16-10-13-11-18-8-9-19-13)15-7-6-12-4-2-1-3-5-12/h1-5,13H,6-11H2,(H2,15,16,17)/t13-/m1/s1. The fourth-order valence-electron chi connectivity index (χ4n) is 1.89. The van der Waals surface area contributed by atoms with E-state index in [0.29, 0.717) is 11.8 Å². The molecule has 0 unspecified atom stereocenters. The van der Waals surface area contributed by atoms with Crippen LogP contribution < -0.4 is 10.6 Å². The number of amides is 2. The van der Waals surface area contributed by atoms with Crippen LogP contribution in [0.5, 0.6) is 0 Å². The van der Waals surface area contributed by atoms with Gasteiger partial charge in [0.25, 0.3) is 0 Å². The summed E-state index contributed by atoms with van der Waals surface area (Å²) in [5.41, 5.74) is 1.25. The minimum absolute atomic E-state index is 0.0490. The fourth-order valence-corrected chi connectivity index (χ4v) is 4.50. The summed E-state index contributed by atoms with van der Waals surface area (Å²) >= 11 is 3.94. The topological polar surface area (TPSA) is 41.1 Å². The van der Waals surface area contributed by atoms with Crippen molar-refractivity contribution in [3.63, 3.8) is 0 Å². The Morgan fingerprint density at radius 3 is 2.79 bits per heavy atom. The molecule has 1 fully saturated rings. The first kappa shape index (κ1) is 14.6. The molecule has 2 rings (SSSR count). The maximum atomic E-state index is 11.6. The van der Waals surface area contributed by atoms with E-state index in [0.717, 1.165) is 18.7 Å². The van der Waals surface area contributed by atoms with Crippen molar-refractivity contribution in [1.82, 2.24) is 10.6 Å². The second kappa shape index (κ2) is 8.38.